The monoisotopic (exact) mass is 505 g/mol. The summed E-state index contributed by atoms with van der Waals surface area (Å²) in [6.45, 7) is 1.78. The first-order chi connectivity index (χ1) is 18.4. The van der Waals surface area contributed by atoms with E-state index in [1.165, 1.54) is 11.1 Å². The minimum Gasteiger partial charge on any atom is -0.381 e. The third-order valence-electron chi connectivity index (χ3n) is 6.51. The number of hydrogen-bond donors (Lipinski definition) is 2. The zero-order valence-corrected chi connectivity index (χ0v) is 20.9. The Kier molecular flexibility index (Phi) is 5.49. The Balaban J connectivity index is 1.32. The van der Waals surface area contributed by atoms with E-state index in [1.807, 2.05) is 73.8 Å². The molecule has 0 unspecified atom stereocenters. The molecule has 6 aromatic rings. The van der Waals surface area contributed by atoms with Gasteiger partial charge in [0.1, 0.15) is 12.1 Å². The number of rotatable bonds is 5. The maximum absolute atomic E-state index is 13.3. The standard InChI is InChI=1S/C28H23N7O3/c1-16-24(28(37)35(3)38-16)18-9-7-17(8-10-18)19-11-12-23-22(14-19)25(33-34(23)2)27(36)31-21-6-4-5-20(13-21)26-29-15-30-32-26/h4-15H,1-3H3,(H,31,36)(H,29,30,32). The first kappa shape index (κ1) is 23.2. The number of fused-ring (bicyclic) bond motifs is 1. The summed E-state index contributed by atoms with van der Waals surface area (Å²) >= 11 is 0. The summed E-state index contributed by atoms with van der Waals surface area (Å²) in [6, 6.07) is 21.0. The second kappa shape index (κ2) is 9.00. The number of amides is 1. The summed E-state index contributed by atoms with van der Waals surface area (Å²) in [5.41, 5.74) is 5.62. The Bertz CT molecular complexity index is 1860. The molecular weight excluding hydrogens is 482 g/mol. The second-order valence-electron chi connectivity index (χ2n) is 8.98. The fraction of sp³-hybridized carbons (Fsp3) is 0.107. The number of aromatic amines is 1. The maximum atomic E-state index is 13.3. The van der Waals surface area contributed by atoms with Crippen molar-refractivity contribution >= 4 is 22.5 Å². The lowest BCUT2D eigenvalue weighted by molar-refractivity contribution is 0.102. The average Bonchev–Trinajstić information content (AvgIpc) is 3.63. The fourth-order valence-corrected chi connectivity index (χ4v) is 4.65. The van der Waals surface area contributed by atoms with Gasteiger partial charge in [-0.15, -0.1) is 0 Å². The summed E-state index contributed by atoms with van der Waals surface area (Å²) < 4.78 is 8.34. The van der Waals surface area contributed by atoms with E-state index >= 15 is 0 Å². The number of aromatic nitrogens is 6. The van der Waals surface area contributed by atoms with Crippen molar-refractivity contribution < 1.29 is 9.32 Å². The Morgan fingerprint density at radius 2 is 1.71 bits per heavy atom. The number of carbonyl (C=O) groups excluding carboxylic acids is 1. The molecule has 10 nitrogen and oxygen atoms in total. The van der Waals surface area contributed by atoms with E-state index in [0.29, 0.717) is 28.5 Å². The molecule has 6 rings (SSSR count). The van der Waals surface area contributed by atoms with Crippen LogP contribution in [0.2, 0.25) is 0 Å². The second-order valence-corrected chi connectivity index (χ2v) is 8.98. The van der Waals surface area contributed by atoms with E-state index in [0.717, 1.165) is 33.2 Å². The minimum atomic E-state index is -0.316. The molecule has 3 aromatic heterocycles. The molecular formula is C28H23N7O3. The largest absolute Gasteiger partial charge is 0.381 e. The summed E-state index contributed by atoms with van der Waals surface area (Å²) in [6.07, 6.45) is 1.44. The van der Waals surface area contributed by atoms with Crippen molar-refractivity contribution in [2.45, 2.75) is 6.92 Å². The molecule has 3 aromatic carbocycles. The van der Waals surface area contributed by atoms with Crippen LogP contribution in [0.5, 0.6) is 0 Å². The van der Waals surface area contributed by atoms with Gasteiger partial charge >= 0.3 is 0 Å². The first-order valence-electron chi connectivity index (χ1n) is 11.9. The van der Waals surface area contributed by atoms with Crippen LogP contribution >= 0.6 is 0 Å². The van der Waals surface area contributed by atoms with Crippen LogP contribution < -0.4 is 10.9 Å². The van der Waals surface area contributed by atoms with Crippen LogP contribution in [0.25, 0.3) is 44.5 Å². The zero-order chi connectivity index (χ0) is 26.4. The first-order valence-corrected chi connectivity index (χ1v) is 11.9. The van der Waals surface area contributed by atoms with E-state index in [1.54, 1.807) is 18.7 Å². The minimum absolute atomic E-state index is 0.172. The average molecular weight is 506 g/mol. The summed E-state index contributed by atoms with van der Waals surface area (Å²) in [5.74, 6) is 0.872. The Morgan fingerprint density at radius 1 is 0.947 bits per heavy atom. The molecule has 0 bridgehead atoms. The Hall–Kier alpha value is -5.25. The number of anilines is 1. The van der Waals surface area contributed by atoms with Gasteiger partial charge in [-0.3, -0.25) is 19.4 Å². The molecule has 0 aliphatic rings. The topological polar surface area (TPSA) is 124 Å². The molecule has 0 atom stereocenters. The molecule has 0 saturated carbocycles. The van der Waals surface area contributed by atoms with Crippen LogP contribution in [0.3, 0.4) is 0 Å². The predicted octanol–water partition coefficient (Wildman–Crippen LogP) is 4.54. The molecule has 0 spiro atoms. The number of aryl methyl sites for hydroxylation is 3. The molecule has 188 valence electrons. The molecule has 1 amide bonds. The van der Waals surface area contributed by atoms with Crippen LogP contribution in [0.1, 0.15) is 16.2 Å². The highest BCUT2D eigenvalue weighted by atomic mass is 16.5. The summed E-state index contributed by atoms with van der Waals surface area (Å²) in [5, 5.41) is 14.9. The van der Waals surface area contributed by atoms with E-state index in [9.17, 15) is 9.59 Å². The lowest BCUT2D eigenvalue weighted by Gasteiger charge is -2.06. The van der Waals surface area contributed by atoms with Gasteiger partial charge in [-0.05, 0) is 47.9 Å². The van der Waals surface area contributed by atoms with E-state index in [4.69, 9.17) is 4.52 Å². The highest BCUT2D eigenvalue weighted by Gasteiger charge is 2.18. The van der Waals surface area contributed by atoms with Gasteiger partial charge in [-0.2, -0.15) is 14.9 Å². The van der Waals surface area contributed by atoms with Gasteiger partial charge in [-0.1, -0.05) is 42.5 Å². The van der Waals surface area contributed by atoms with Gasteiger partial charge in [0.2, 0.25) is 0 Å². The maximum Gasteiger partial charge on any atom is 0.290 e. The highest BCUT2D eigenvalue weighted by Crippen LogP contribution is 2.29. The molecule has 0 fully saturated rings. The van der Waals surface area contributed by atoms with Gasteiger partial charge in [-0.25, -0.2) is 4.98 Å². The lowest BCUT2D eigenvalue weighted by atomic mass is 9.99. The fourth-order valence-electron chi connectivity index (χ4n) is 4.65. The number of nitrogens with one attached hydrogen (secondary N) is 2. The quantitative estimate of drug-likeness (QED) is 0.354. The van der Waals surface area contributed by atoms with Gasteiger partial charge in [0.05, 0.1) is 11.1 Å². The van der Waals surface area contributed by atoms with E-state index in [2.05, 4.69) is 25.6 Å². The van der Waals surface area contributed by atoms with Crippen molar-refractivity contribution in [1.29, 1.82) is 0 Å². The third kappa shape index (κ3) is 3.97. The molecule has 0 saturated heterocycles. The zero-order valence-electron chi connectivity index (χ0n) is 20.9. The van der Waals surface area contributed by atoms with Crippen molar-refractivity contribution in [3.05, 3.63) is 94.9 Å². The Morgan fingerprint density at radius 3 is 2.42 bits per heavy atom. The lowest BCUT2D eigenvalue weighted by Crippen LogP contribution is -2.13. The molecule has 0 aliphatic heterocycles. The number of hydrogen-bond acceptors (Lipinski definition) is 6. The molecule has 38 heavy (non-hydrogen) atoms. The SMILES string of the molecule is Cc1on(C)c(=O)c1-c1ccc(-c2ccc3c(c2)c(C(=O)Nc2cccc(-c4ncn[nH]4)c2)nn3C)cc1. The Labute approximate surface area is 216 Å². The van der Waals surface area contributed by atoms with Gasteiger partial charge in [0, 0.05) is 30.7 Å². The number of carbonyl (C=O) groups is 1. The molecule has 0 radical (unpaired) electrons. The molecule has 10 heteroatoms. The van der Waals surface area contributed by atoms with Crippen LogP contribution in [0, 0.1) is 6.92 Å². The van der Waals surface area contributed by atoms with Crippen LogP contribution in [-0.2, 0) is 14.1 Å². The number of benzene rings is 3. The van der Waals surface area contributed by atoms with Gasteiger partial charge < -0.3 is 9.84 Å². The van der Waals surface area contributed by atoms with E-state index in [-0.39, 0.29) is 11.5 Å². The van der Waals surface area contributed by atoms with Crippen molar-refractivity contribution in [3.8, 4) is 33.6 Å². The van der Waals surface area contributed by atoms with Crippen LogP contribution in [-0.4, -0.2) is 35.6 Å². The van der Waals surface area contributed by atoms with Crippen molar-refractivity contribution in [2.24, 2.45) is 14.1 Å². The molecule has 0 aliphatic carbocycles. The molecule has 2 N–H and O–H groups in total. The molecule has 3 heterocycles. The van der Waals surface area contributed by atoms with Crippen molar-refractivity contribution in [1.82, 2.24) is 29.7 Å². The van der Waals surface area contributed by atoms with Crippen LogP contribution in [0.4, 0.5) is 5.69 Å². The number of H-pyrrole nitrogens is 1. The predicted molar refractivity (Wildman–Crippen MR) is 144 cm³/mol. The smallest absolute Gasteiger partial charge is 0.290 e. The highest BCUT2D eigenvalue weighted by molar-refractivity contribution is 6.12. The van der Waals surface area contributed by atoms with Gasteiger partial charge in [0.15, 0.2) is 11.5 Å². The third-order valence-corrected chi connectivity index (χ3v) is 6.51. The van der Waals surface area contributed by atoms with Gasteiger partial charge in [0.25, 0.3) is 11.5 Å². The van der Waals surface area contributed by atoms with Crippen LogP contribution in [0.15, 0.2) is 82.4 Å². The summed E-state index contributed by atoms with van der Waals surface area (Å²) in [7, 11) is 3.41. The van der Waals surface area contributed by atoms with Crippen molar-refractivity contribution in [3.63, 3.8) is 0 Å². The van der Waals surface area contributed by atoms with Crippen molar-refractivity contribution in [2.75, 3.05) is 5.32 Å². The summed E-state index contributed by atoms with van der Waals surface area (Å²) in [4.78, 5) is 29.9. The normalized spacial score (nSPS) is 11.2. The number of nitrogens with zero attached hydrogens (tertiary/aromatic N) is 5. The van der Waals surface area contributed by atoms with E-state index < -0.39 is 0 Å².